The molecule has 11 heterocycles. The SMILES string of the molecule is C.COCC12CN(S(=O)(=O)c3cc4cc(C)ccc4[nH]3)CC(=O)N1CC1(CCN(C(C)=O)CC1)O2.COC[C@@]12C[C@H](CS(=O)(=O)c3ccc4cc(C)ccc4c3)C(=O)N1CC1(CCN(C(C)=O)CC1)C2.Cc1cc(C(=O)Cc2ccc(-n3ccc4ccccc43)cc2)n(-c2cccc(C(=N)N)c2)n1.N=C(N)c1ccc2nc(C3=NCC(c4ccccc4)=C3O)[nH]c2c1. The second-order valence-electron chi connectivity index (χ2n) is 34.3. The Morgan fingerprint density at radius 2 is 1.31 bits per heavy atom. The van der Waals surface area contributed by atoms with Gasteiger partial charge in [-0.1, -0.05) is 122 Å². The monoisotopic (exact) mass is 1750 g/mol. The maximum atomic E-state index is 13.6. The second-order valence-corrected chi connectivity index (χ2v) is 38.2. The molecular weight excluding hydrogens is 1650 g/mol. The molecule has 7 aliphatic rings. The first kappa shape index (κ1) is 89.1. The number of sulfone groups is 1. The number of likely N-dealkylation sites (tertiary alicyclic amines) is 2. The number of piperidine rings is 2. The molecule has 0 bridgehead atoms. The van der Waals surface area contributed by atoms with Crippen LogP contribution in [-0.4, -0.2) is 231 Å². The number of nitrogens with zero attached hydrogens (tertiary/aromatic N) is 10. The number of allylic oxidation sites excluding steroid dienone is 1. The van der Waals surface area contributed by atoms with Gasteiger partial charge in [-0.3, -0.25) is 39.8 Å². The van der Waals surface area contributed by atoms with E-state index in [0.29, 0.717) is 111 Å². The van der Waals surface area contributed by atoms with E-state index in [-0.39, 0.29) is 101 Å². The molecule has 6 saturated heterocycles. The molecule has 31 heteroatoms. The molecule has 4 aromatic heterocycles. The van der Waals surface area contributed by atoms with Crippen molar-refractivity contribution in [3.05, 3.63) is 257 Å². The number of nitrogens with one attached hydrogen (secondary N) is 4. The Labute approximate surface area is 737 Å². The van der Waals surface area contributed by atoms with Crippen molar-refractivity contribution in [1.29, 1.82) is 10.8 Å². The number of nitrogens with two attached hydrogens (primary N) is 2. The molecule has 19 rings (SSSR count). The number of aryl methyl sites for hydroxylation is 3. The lowest BCUT2D eigenvalue weighted by atomic mass is 9.72. The van der Waals surface area contributed by atoms with Gasteiger partial charge in [0.25, 0.3) is 10.0 Å². The van der Waals surface area contributed by atoms with Crippen LogP contribution in [0.5, 0.6) is 0 Å². The average molecular weight is 1760 g/mol. The number of piperazine rings is 1. The third kappa shape index (κ3) is 18.0. The molecule has 1 unspecified atom stereocenters. The van der Waals surface area contributed by atoms with Gasteiger partial charge in [-0.05, 0) is 183 Å². The Morgan fingerprint density at radius 3 is 2.01 bits per heavy atom. The van der Waals surface area contributed by atoms with Crippen molar-refractivity contribution in [2.75, 3.05) is 92.1 Å². The van der Waals surface area contributed by atoms with Crippen molar-refractivity contribution in [3.63, 3.8) is 0 Å². The van der Waals surface area contributed by atoms with Crippen LogP contribution >= 0.6 is 0 Å². The number of aliphatic hydroxyl groups is 1. The van der Waals surface area contributed by atoms with Gasteiger partial charge in [-0.2, -0.15) is 9.40 Å². The van der Waals surface area contributed by atoms with Gasteiger partial charge in [0.15, 0.2) is 27.2 Å². The van der Waals surface area contributed by atoms with Crippen molar-refractivity contribution in [2.45, 2.75) is 114 Å². The number of aromatic amines is 2. The predicted octanol–water partition coefficient (Wildman–Crippen LogP) is 12.3. The number of fused-ring (bicyclic) bond motifs is 6. The first-order valence-electron chi connectivity index (χ1n) is 42.0. The highest BCUT2D eigenvalue weighted by Gasteiger charge is 2.63. The Kier molecular flexibility index (Phi) is 24.9. The Balaban J connectivity index is 0.000000131. The van der Waals surface area contributed by atoms with E-state index in [1.807, 2.05) is 146 Å². The van der Waals surface area contributed by atoms with Crippen LogP contribution < -0.4 is 11.5 Å². The summed E-state index contributed by atoms with van der Waals surface area (Å²) in [4.78, 5) is 86.1. The summed E-state index contributed by atoms with van der Waals surface area (Å²) in [6.07, 6.45) is 6.50. The third-order valence-corrected chi connectivity index (χ3v) is 29.0. The number of hydrogen-bond donors (Lipinski definition) is 7. The number of rotatable bonds is 18. The second kappa shape index (κ2) is 35.6. The van der Waals surface area contributed by atoms with Crippen molar-refractivity contribution >= 4 is 116 Å². The standard InChI is InChI=1S/C27H23N5O.C27H34N2O5S.C23H30N4O6S.C18H15N5O.CH4/c1-18-15-25(32(30-18)23-7-4-6-21(17-23)27(28)29)26(33)16-19-9-11-22(12-10-19)31-14-13-20-5-2-3-8-24(20)31;1-19-4-5-22-13-24(7-6-21(22)12-19)35(32,33)15-23-14-27(18-34-3)16-26(17-29(27)25(23)31)8-10-28(11-9-26)20(2)30;1-16-4-5-19-18(10-16)11-20(24-19)34(30,31)26-12-21(29)27-13-22(33-23(27,14-26)15-32-3)6-8-25(9-7-22)17(2)28;19-17(20)11-6-7-13-14(8-11)23-18(22-13)15-16(24)12(9-21-15)10-4-2-1-3-5-10;/h2-15,17H,16H2,1H3,(H3,28,29);4-7,12-13,23H,8-11,14-18H2,1-3H3;4-5,10-11,24H,6-9,12-15H2,1-3H3;1-8,24H,9H2,(H3,19,20)(H,22,23);1H4/t;23-,27+;;;/m.1.../s1. The average Bonchev–Trinajstić information content (AvgIpc) is 1.57. The van der Waals surface area contributed by atoms with E-state index in [9.17, 15) is 45.9 Å². The summed E-state index contributed by atoms with van der Waals surface area (Å²) in [6.45, 7) is 13.0. The van der Waals surface area contributed by atoms with Gasteiger partial charge < -0.3 is 64.9 Å². The smallest absolute Gasteiger partial charge is 0.259 e. The highest BCUT2D eigenvalue weighted by atomic mass is 32.2. The number of nitrogen functional groups attached to an aromatic ring is 2. The number of aliphatic imine (C=N–C) groups is 1. The van der Waals surface area contributed by atoms with Crippen LogP contribution in [-0.2, 0) is 59.7 Å². The number of amidine groups is 2. The Hall–Kier alpha value is -12.8. The molecule has 8 aromatic carbocycles. The highest BCUT2D eigenvalue weighted by Crippen LogP contribution is 2.55. The number of sulfonamides is 1. The lowest BCUT2D eigenvalue weighted by Crippen LogP contribution is -2.65. The zero-order valence-electron chi connectivity index (χ0n) is 71.4. The minimum Gasteiger partial charge on any atom is -0.505 e. The van der Waals surface area contributed by atoms with Crippen LogP contribution in [0.3, 0.4) is 0 Å². The minimum atomic E-state index is -3.99. The molecule has 29 nitrogen and oxygen atoms in total. The maximum absolute atomic E-state index is 13.6. The summed E-state index contributed by atoms with van der Waals surface area (Å²) in [5.74, 6) is -0.435. The lowest BCUT2D eigenvalue weighted by molar-refractivity contribution is -0.197. The summed E-state index contributed by atoms with van der Waals surface area (Å²) >= 11 is 0. The molecule has 7 aliphatic heterocycles. The third-order valence-electron chi connectivity index (χ3n) is 25.4. The van der Waals surface area contributed by atoms with Crippen molar-refractivity contribution in [1.82, 2.24) is 53.2 Å². The topological polar surface area (TPSA) is 397 Å². The van der Waals surface area contributed by atoms with E-state index in [1.165, 1.54) is 16.8 Å². The fourth-order valence-corrected chi connectivity index (χ4v) is 22.1. The van der Waals surface area contributed by atoms with Crippen molar-refractivity contribution in [2.24, 2.45) is 27.8 Å². The van der Waals surface area contributed by atoms with E-state index in [1.54, 1.807) is 96.1 Å². The Morgan fingerprint density at radius 1 is 0.646 bits per heavy atom. The fourth-order valence-electron chi connectivity index (χ4n) is 19.0. The number of ketones is 1. The first-order chi connectivity index (χ1) is 60.3. The van der Waals surface area contributed by atoms with Crippen LogP contribution in [0.2, 0.25) is 0 Å². The van der Waals surface area contributed by atoms with E-state index >= 15 is 0 Å². The molecule has 0 aliphatic carbocycles. The summed E-state index contributed by atoms with van der Waals surface area (Å²) in [5.41, 5.74) is 21.7. The fraction of sp³-hybridized carbons (Fsp3) is 0.333. The number of Topliss-reactive ketones (excluding diaryl/α,β-unsaturated/α-hetero) is 1. The van der Waals surface area contributed by atoms with Gasteiger partial charge in [0.05, 0.1) is 95.0 Å². The zero-order chi connectivity index (χ0) is 88.9. The summed E-state index contributed by atoms with van der Waals surface area (Å²) in [5, 5.41) is 34.2. The zero-order valence-corrected chi connectivity index (χ0v) is 73.0. The normalized spacial score (nSPS) is 19.5. The predicted molar refractivity (Wildman–Crippen MR) is 489 cm³/mol. The van der Waals surface area contributed by atoms with Gasteiger partial charge in [-0.25, -0.2) is 26.5 Å². The summed E-state index contributed by atoms with van der Waals surface area (Å²) in [7, 11) is -4.47. The number of methoxy groups -OCH3 is 2. The number of imidazole rings is 1. The summed E-state index contributed by atoms with van der Waals surface area (Å²) < 4.78 is 76.5. The molecular formula is C96H106N16O13S2. The van der Waals surface area contributed by atoms with Gasteiger partial charge in [-0.15, -0.1) is 0 Å². The molecule has 0 saturated carbocycles. The number of benzene rings is 8. The molecule has 2 spiro atoms. The number of ether oxygens (including phenoxy) is 3. The van der Waals surface area contributed by atoms with Gasteiger partial charge >= 0.3 is 0 Å². The Bertz CT molecular complexity index is 6620. The number of H-pyrrole nitrogens is 2. The number of aromatic nitrogens is 6. The molecule has 4 amide bonds. The van der Waals surface area contributed by atoms with Crippen molar-refractivity contribution in [3.8, 4) is 11.4 Å². The molecule has 660 valence electrons. The molecule has 0 radical (unpaired) electrons. The van der Waals surface area contributed by atoms with Gasteiger partial charge in [0.1, 0.15) is 33.9 Å². The molecule has 3 atom stereocenters. The van der Waals surface area contributed by atoms with Gasteiger partial charge in [0, 0.05) is 107 Å². The summed E-state index contributed by atoms with van der Waals surface area (Å²) in [6, 6.07) is 60.8. The highest BCUT2D eigenvalue weighted by molar-refractivity contribution is 7.91. The number of aliphatic hydroxyl groups excluding tert-OH is 1. The van der Waals surface area contributed by atoms with Gasteiger partial charge in [0.2, 0.25) is 23.6 Å². The number of amides is 4. The minimum absolute atomic E-state index is 0. The largest absolute Gasteiger partial charge is 0.505 e. The number of carbonyl (C=O) groups excluding carboxylic acids is 5. The van der Waals surface area contributed by atoms with Crippen LogP contribution in [0.4, 0.5) is 0 Å². The number of carbonyl (C=O) groups is 5. The van der Waals surface area contributed by atoms with E-state index in [2.05, 4.69) is 54.0 Å². The quantitative estimate of drug-likeness (QED) is 0.0238. The first-order valence-corrected chi connectivity index (χ1v) is 45.1. The molecule has 12 aromatic rings. The van der Waals surface area contributed by atoms with Crippen LogP contribution in [0, 0.1) is 42.9 Å². The van der Waals surface area contributed by atoms with Crippen LogP contribution in [0.1, 0.15) is 115 Å². The lowest BCUT2D eigenvalue weighted by Gasteiger charge is -2.44. The maximum Gasteiger partial charge on any atom is 0.259 e. The molecule has 9 N–H and O–H groups in total. The van der Waals surface area contributed by atoms with E-state index in [0.717, 1.165) is 91.2 Å². The van der Waals surface area contributed by atoms with Crippen molar-refractivity contribution < 1.29 is 60.1 Å². The van der Waals surface area contributed by atoms with Crippen LogP contribution in [0.15, 0.2) is 221 Å². The molecule has 6 fully saturated rings. The number of hydrogen-bond acceptors (Lipinski definition) is 18. The number of para-hydroxylation sites is 1. The van der Waals surface area contributed by atoms with E-state index in [4.69, 9.17) is 36.5 Å². The molecule has 127 heavy (non-hydrogen) atoms. The van der Waals surface area contributed by atoms with E-state index < -0.39 is 42.6 Å². The van der Waals surface area contributed by atoms with Crippen LogP contribution in [0.25, 0.3) is 60.6 Å².